The molecule has 0 atom stereocenters. The maximum atomic E-state index is 11.8. The van der Waals surface area contributed by atoms with E-state index in [1.165, 1.54) is 16.2 Å². The largest absolute Gasteiger partial charge is 0.370 e. The van der Waals surface area contributed by atoms with Crippen LogP contribution in [0, 0.1) is 0 Å². The first-order chi connectivity index (χ1) is 9.61. The summed E-state index contributed by atoms with van der Waals surface area (Å²) in [5, 5.41) is 1.81. The van der Waals surface area contributed by atoms with Gasteiger partial charge in [-0.05, 0) is 11.4 Å². The van der Waals surface area contributed by atoms with Gasteiger partial charge in [-0.1, -0.05) is 0 Å². The number of H-pyrrole nitrogens is 1. The summed E-state index contributed by atoms with van der Waals surface area (Å²) in [6.07, 6.45) is 0. The van der Waals surface area contributed by atoms with E-state index in [0.717, 1.165) is 0 Å². The first-order valence-corrected chi connectivity index (χ1v) is 6.98. The minimum absolute atomic E-state index is 0.0291. The van der Waals surface area contributed by atoms with Gasteiger partial charge < -0.3 is 20.4 Å². The lowest BCUT2D eigenvalue weighted by atomic mass is 10.4. The minimum atomic E-state index is -0.188. The summed E-state index contributed by atoms with van der Waals surface area (Å²) < 4.78 is 5.67. The summed E-state index contributed by atoms with van der Waals surface area (Å²) in [5.74, 6) is 0.266. The molecular weight excluding hydrogens is 280 g/mol. The lowest BCUT2D eigenvalue weighted by Gasteiger charge is -2.16. The maximum Gasteiger partial charge on any atom is 0.268 e. The van der Waals surface area contributed by atoms with Crippen molar-refractivity contribution in [2.75, 3.05) is 26.8 Å². The van der Waals surface area contributed by atoms with Crippen LogP contribution in [0.2, 0.25) is 0 Å². The molecule has 2 aromatic heterocycles. The van der Waals surface area contributed by atoms with Crippen molar-refractivity contribution in [3.63, 3.8) is 0 Å². The number of nitrogens with two attached hydrogens (primary N) is 1. The molecule has 2 rings (SSSR count). The number of amides is 1. The fourth-order valence-electron chi connectivity index (χ4n) is 1.66. The van der Waals surface area contributed by atoms with Crippen LogP contribution in [-0.2, 0) is 16.1 Å². The molecule has 0 bridgehead atoms. The molecule has 2 aromatic rings. The molecule has 0 unspecified atom stereocenters. The fraction of sp³-hybridized carbons (Fsp3) is 0.417. The third-order valence-corrected chi connectivity index (χ3v) is 3.57. The third kappa shape index (κ3) is 3.41. The van der Waals surface area contributed by atoms with Crippen LogP contribution in [0.1, 0.15) is 5.82 Å². The number of nitrogens with zero attached hydrogens (tertiary/aromatic N) is 2. The average Bonchev–Trinajstić information content (AvgIpc) is 2.87. The Hall–Kier alpha value is -1.77. The van der Waals surface area contributed by atoms with Crippen molar-refractivity contribution in [1.29, 1.82) is 0 Å². The molecule has 0 spiro atoms. The van der Waals surface area contributed by atoms with Crippen LogP contribution in [0.15, 0.2) is 16.2 Å². The molecule has 3 N–H and O–H groups in total. The highest BCUT2D eigenvalue weighted by molar-refractivity contribution is 7.17. The molecule has 0 fully saturated rings. The normalized spacial score (nSPS) is 10.9. The summed E-state index contributed by atoms with van der Waals surface area (Å²) in [6.45, 7) is 0.917. The topological polar surface area (TPSA) is 101 Å². The lowest BCUT2D eigenvalue weighted by molar-refractivity contribution is -0.135. The Morgan fingerprint density at radius 2 is 2.40 bits per heavy atom. The number of rotatable bonds is 6. The van der Waals surface area contributed by atoms with E-state index in [2.05, 4.69) is 9.97 Å². The van der Waals surface area contributed by atoms with Crippen molar-refractivity contribution in [3.8, 4) is 0 Å². The summed E-state index contributed by atoms with van der Waals surface area (Å²) in [5.41, 5.74) is 5.74. The third-order valence-electron chi connectivity index (χ3n) is 2.66. The predicted octanol–water partition coefficient (Wildman–Crippen LogP) is -0.0817. The first kappa shape index (κ1) is 14.6. The summed E-state index contributed by atoms with van der Waals surface area (Å²) in [4.78, 5) is 32.0. The Balaban J connectivity index is 2.03. The summed E-state index contributed by atoms with van der Waals surface area (Å²) in [7, 11) is 1.63. The first-order valence-electron chi connectivity index (χ1n) is 6.10. The van der Waals surface area contributed by atoms with Crippen LogP contribution in [0.5, 0.6) is 0 Å². The van der Waals surface area contributed by atoms with E-state index in [1.807, 2.05) is 5.38 Å². The molecule has 7 nitrogen and oxygen atoms in total. The number of hydrogen-bond acceptors (Lipinski definition) is 6. The van der Waals surface area contributed by atoms with Crippen LogP contribution >= 0.6 is 11.3 Å². The van der Waals surface area contributed by atoms with Crippen molar-refractivity contribution in [3.05, 3.63) is 27.6 Å². The second-order valence-corrected chi connectivity index (χ2v) is 5.15. The number of aromatic amines is 1. The van der Waals surface area contributed by atoms with Crippen LogP contribution in [0.25, 0.3) is 10.2 Å². The van der Waals surface area contributed by atoms with Crippen molar-refractivity contribution in [2.45, 2.75) is 6.54 Å². The monoisotopic (exact) mass is 296 g/mol. The van der Waals surface area contributed by atoms with E-state index in [-0.39, 0.29) is 24.6 Å². The highest BCUT2D eigenvalue weighted by Crippen LogP contribution is 2.13. The maximum absolute atomic E-state index is 11.8. The Morgan fingerprint density at radius 3 is 3.15 bits per heavy atom. The number of thiophene rings is 1. The van der Waals surface area contributed by atoms with Gasteiger partial charge in [0.15, 0.2) is 0 Å². The smallest absolute Gasteiger partial charge is 0.268 e. The number of hydrogen-bond donors (Lipinski definition) is 2. The second kappa shape index (κ2) is 6.60. The number of ether oxygens (including phenoxy) is 1. The standard InChI is InChI=1S/C12H16N4O3S/c1-16(10(17)7-19-4-3-13)6-9-14-8-2-5-20-11(8)12(18)15-9/h2,5H,3-4,6-7,13H2,1H3,(H,14,15,18). The highest BCUT2D eigenvalue weighted by atomic mass is 32.1. The number of nitrogens with one attached hydrogen (secondary N) is 1. The Morgan fingerprint density at radius 1 is 1.60 bits per heavy atom. The van der Waals surface area contributed by atoms with Gasteiger partial charge in [-0.15, -0.1) is 11.3 Å². The number of likely N-dealkylation sites (N-methyl/N-ethyl adjacent to an activating group) is 1. The van der Waals surface area contributed by atoms with E-state index < -0.39 is 0 Å². The molecule has 2 heterocycles. The molecular formula is C12H16N4O3S. The number of fused-ring (bicyclic) bond motifs is 1. The van der Waals surface area contributed by atoms with Crippen LogP contribution in [0.4, 0.5) is 0 Å². The van der Waals surface area contributed by atoms with Crippen molar-refractivity contribution < 1.29 is 9.53 Å². The van der Waals surface area contributed by atoms with Gasteiger partial charge in [0.25, 0.3) is 5.56 Å². The van der Waals surface area contributed by atoms with Gasteiger partial charge in [-0.2, -0.15) is 0 Å². The summed E-state index contributed by atoms with van der Waals surface area (Å²) >= 11 is 1.34. The SMILES string of the molecule is CN(Cc1nc2ccsc2c(=O)[nH]1)C(=O)COCCN. The molecule has 8 heteroatoms. The minimum Gasteiger partial charge on any atom is -0.370 e. The molecule has 0 aliphatic heterocycles. The van der Waals surface area contributed by atoms with Crippen LogP contribution in [0.3, 0.4) is 0 Å². The van der Waals surface area contributed by atoms with E-state index in [4.69, 9.17) is 10.5 Å². The van der Waals surface area contributed by atoms with Crippen molar-refractivity contribution >= 4 is 27.5 Å². The van der Waals surface area contributed by atoms with Gasteiger partial charge in [0.2, 0.25) is 5.91 Å². The molecule has 0 aliphatic rings. The molecule has 1 amide bonds. The van der Waals surface area contributed by atoms with Crippen LogP contribution in [-0.4, -0.2) is 47.6 Å². The Kier molecular flexibility index (Phi) is 4.83. The molecule has 0 saturated carbocycles. The van der Waals surface area contributed by atoms with E-state index in [0.29, 0.717) is 29.2 Å². The number of aromatic nitrogens is 2. The highest BCUT2D eigenvalue weighted by Gasteiger charge is 2.12. The zero-order valence-electron chi connectivity index (χ0n) is 11.1. The lowest BCUT2D eigenvalue weighted by Crippen LogP contribution is -2.31. The number of carbonyl (C=O) groups excluding carboxylic acids is 1. The van der Waals surface area contributed by atoms with Gasteiger partial charge in [0.05, 0.1) is 18.7 Å². The van der Waals surface area contributed by atoms with Gasteiger partial charge in [0, 0.05) is 13.6 Å². The van der Waals surface area contributed by atoms with E-state index in [1.54, 1.807) is 13.1 Å². The van der Waals surface area contributed by atoms with Gasteiger partial charge in [0.1, 0.15) is 17.1 Å². The quantitative estimate of drug-likeness (QED) is 0.726. The molecule has 108 valence electrons. The van der Waals surface area contributed by atoms with Gasteiger partial charge in [-0.25, -0.2) is 4.98 Å². The molecule has 0 saturated heterocycles. The van der Waals surface area contributed by atoms with Gasteiger partial charge >= 0.3 is 0 Å². The predicted molar refractivity (Wildman–Crippen MR) is 76.6 cm³/mol. The van der Waals surface area contributed by atoms with Crippen molar-refractivity contribution in [2.24, 2.45) is 5.73 Å². The average molecular weight is 296 g/mol. The van der Waals surface area contributed by atoms with Crippen molar-refractivity contribution in [1.82, 2.24) is 14.9 Å². The molecule has 0 radical (unpaired) electrons. The molecule has 0 aliphatic carbocycles. The zero-order chi connectivity index (χ0) is 14.5. The molecule has 20 heavy (non-hydrogen) atoms. The van der Waals surface area contributed by atoms with Crippen LogP contribution < -0.4 is 11.3 Å². The van der Waals surface area contributed by atoms with Gasteiger partial charge in [-0.3, -0.25) is 9.59 Å². The second-order valence-electron chi connectivity index (χ2n) is 4.24. The van der Waals surface area contributed by atoms with E-state index >= 15 is 0 Å². The summed E-state index contributed by atoms with van der Waals surface area (Å²) in [6, 6.07) is 1.78. The number of carbonyl (C=O) groups is 1. The Bertz CT molecular complexity index is 651. The fourth-order valence-corrected chi connectivity index (χ4v) is 2.39. The Labute approximate surface area is 119 Å². The zero-order valence-corrected chi connectivity index (χ0v) is 11.9. The molecule has 0 aromatic carbocycles. The van der Waals surface area contributed by atoms with E-state index in [9.17, 15) is 9.59 Å².